The highest BCUT2D eigenvalue weighted by Gasteiger charge is 2.18. The van der Waals surface area contributed by atoms with E-state index in [4.69, 9.17) is 10.5 Å². The van der Waals surface area contributed by atoms with Crippen molar-refractivity contribution < 1.29 is 13.2 Å². The summed E-state index contributed by atoms with van der Waals surface area (Å²) in [6.07, 6.45) is 0.507. The zero-order valence-electron chi connectivity index (χ0n) is 9.61. The van der Waals surface area contributed by atoms with Crippen molar-refractivity contribution in [1.82, 2.24) is 4.31 Å². The first-order valence-corrected chi connectivity index (χ1v) is 6.95. The number of nitrogens with two attached hydrogens (primary N) is 1. The van der Waals surface area contributed by atoms with Crippen molar-refractivity contribution in [2.24, 2.45) is 5.73 Å². The van der Waals surface area contributed by atoms with Gasteiger partial charge in [-0.2, -0.15) is 4.31 Å². The highest BCUT2D eigenvalue weighted by molar-refractivity contribution is 7.89. The van der Waals surface area contributed by atoms with Crippen molar-refractivity contribution in [3.8, 4) is 0 Å². The third-order valence-corrected chi connectivity index (χ3v) is 4.07. The fourth-order valence-corrected chi connectivity index (χ4v) is 2.74. The highest BCUT2D eigenvalue weighted by Crippen LogP contribution is 2.02. The summed E-state index contributed by atoms with van der Waals surface area (Å²) in [5.74, 6) is 0.128. The molecular weight excluding hydrogens is 216 g/mol. The molecule has 0 aromatic carbocycles. The van der Waals surface area contributed by atoms with Crippen LogP contribution in [0.15, 0.2) is 0 Å². The Morgan fingerprint density at radius 1 is 1.33 bits per heavy atom. The maximum absolute atomic E-state index is 11.7. The summed E-state index contributed by atoms with van der Waals surface area (Å²) >= 11 is 0. The van der Waals surface area contributed by atoms with Gasteiger partial charge >= 0.3 is 0 Å². The largest absolute Gasteiger partial charge is 0.380 e. The standard InChI is InChI=1S/C9H22N2O3S/c1-3-11(7-8-14-4-2)15(12,13)9-5-6-10/h3-10H2,1-2H3. The molecule has 0 atom stereocenters. The Kier molecular flexibility index (Phi) is 7.95. The molecular formula is C9H22N2O3S. The van der Waals surface area contributed by atoms with E-state index in [2.05, 4.69) is 0 Å². The molecule has 0 bridgehead atoms. The van der Waals surface area contributed by atoms with Gasteiger partial charge in [0.15, 0.2) is 0 Å². The Bertz CT molecular complexity index is 242. The quantitative estimate of drug-likeness (QED) is 0.575. The van der Waals surface area contributed by atoms with E-state index < -0.39 is 10.0 Å². The Balaban J connectivity index is 4.12. The van der Waals surface area contributed by atoms with Crippen LogP contribution in [0.1, 0.15) is 20.3 Å². The summed E-state index contributed by atoms with van der Waals surface area (Å²) in [6, 6.07) is 0. The van der Waals surface area contributed by atoms with Crippen LogP contribution in [-0.2, 0) is 14.8 Å². The smallest absolute Gasteiger partial charge is 0.214 e. The van der Waals surface area contributed by atoms with Crippen LogP contribution >= 0.6 is 0 Å². The predicted octanol–water partition coefficient (Wildman–Crippen LogP) is 0.0234. The van der Waals surface area contributed by atoms with Crippen molar-refractivity contribution >= 4 is 10.0 Å². The molecule has 0 aliphatic carbocycles. The number of nitrogens with zero attached hydrogens (tertiary/aromatic N) is 1. The van der Waals surface area contributed by atoms with Crippen LogP contribution in [0.4, 0.5) is 0 Å². The van der Waals surface area contributed by atoms with Gasteiger partial charge < -0.3 is 10.5 Å². The van der Waals surface area contributed by atoms with Gasteiger partial charge in [-0.25, -0.2) is 8.42 Å². The lowest BCUT2D eigenvalue weighted by molar-refractivity contribution is 0.135. The summed E-state index contributed by atoms with van der Waals surface area (Å²) in [7, 11) is -3.14. The Labute approximate surface area is 92.6 Å². The van der Waals surface area contributed by atoms with Gasteiger partial charge in [0.25, 0.3) is 0 Å². The minimum absolute atomic E-state index is 0.128. The molecule has 0 radical (unpaired) electrons. The Morgan fingerprint density at radius 3 is 2.47 bits per heavy atom. The molecule has 0 aromatic heterocycles. The van der Waals surface area contributed by atoms with Crippen molar-refractivity contribution in [2.45, 2.75) is 20.3 Å². The minimum atomic E-state index is -3.14. The number of hydrogen-bond acceptors (Lipinski definition) is 4. The van der Waals surface area contributed by atoms with Crippen LogP contribution in [-0.4, -0.2) is 51.3 Å². The molecule has 0 saturated heterocycles. The lowest BCUT2D eigenvalue weighted by Crippen LogP contribution is -2.36. The van der Waals surface area contributed by atoms with Gasteiger partial charge in [0, 0.05) is 19.7 Å². The number of rotatable bonds is 9. The molecule has 2 N–H and O–H groups in total. The first-order chi connectivity index (χ1) is 7.08. The minimum Gasteiger partial charge on any atom is -0.380 e. The van der Waals surface area contributed by atoms with Gasteiger partial charge in [0.05, 0.1) is 12.4 Å². The van der Waals surface area contributed by atoms with E-state index in [0.29, 0.717) is 39.3 Å². The summed E-state index contributed by atoms with van der Waals surface area (Å²) in [4.78, 5) is 0. The molecule has 15 heavy (non-hydrogen) atoms. The van der Waals surface area contributed by atoms with E-state index in [-0.39, 0.29) is 5.75 Å². The number of ether oxygens (including phenoxy) is 1. The first kappa shape index (κ1) is 14.8. The summed E-state index contributed by atoms with van der Waals surface area (Å²) in [6.45, 7) is 6.09. The molecule has 0 aromatic rings. The molecule has 0 heterocycles. The number of sulfonamides is 1. The van der Waals surface area contributed by atoms with Gasteiger partial charge in [-0.1, -0.05) is 6.92 Å². The van der Waals surface area contributed by atoms with Crippen LogP contribution in [0.25, 0.3) is 0 Å². The van der Waals surface area contributed by atoms with Crippen LogP contribution in [0.2, 0.25) is 0 Å². The second kappa shape index (κ2) is 8.04. The fourth-order valence-electron chi connectivity index (χ4n) is 1.20. The lowest BCUT2D eigenvalue weighted by Gasteiger charge is -2.19. The molecule has 0 fully saturated rings. The van der Waals surface area contributed by atoms with E-state index in [1.165, 1.54) is 4.31 Å². The molecule has 0 rings (SSSR count). The molecule has 0 spiro atoms. The molecule has 5 nitrogen and oxygen atoms in total. The second-order valence-corrected chi connectivity index (χ2v) is 5.24. The van der Waals surface area contributed by atoms with Gasteiger partial charge in [-0.3, -0.25) is 0 Å². The molecule has 6 heteroatoms. The van der Waals surface area contributed by atoms with E-state index in [0.717, 1.165) is 0 Å². The van der Waals surface area contributed by atoms with Crippen LogP contribution in [0.3, 0.4) is 0 Å². The van der Waals surface area contributed by atoms with Crippen molar-refractivity contribution in [3.63, 3.8) is 0 Å². The van der Waals surface area contributed by atoms with E-state index in [1.54, 1.807) is 0 Å². The predicted molar refractivity (Wildman–Crippen MR) is 61.2 cm³/mol. The first-order valence-electron chi connectivity index (χ1n) is 5.34. The molecule has 92 valence electrons. The summed E-state index contributed by atoms with van der Waals surface area (Å²) in [5.41, 5.74) is 5.29. The molecule has 0 aliphatic rings. The van der Waals surface area contributed by atoms with Crippen molar-refractivity contribution in [3.05, 3.63) is 0 Å². The third kappa shape index (κ3) is 6.09. The molecule has 0 unspecified atom stereocenters. The Morgan fingerprint density at radius 2 is 2.00 bits per heavy atom. The normalized spacial score (nSPS) is 12.3. The lowest BCUT2D eigenvalue weighted by atomic mass is 10.5. The highest BCUT2D eigenvalue weighted by atomic mass is 32.2. The van der Waals surface area contributed by atoms with Gasteiger partial charge in [-0.15, -0.1) is 0 Å². The number of hydrogen-bond donors (Lipinski definition) is 1. The van der Waals surface area contributed by atoms with Crippen LogP contribution < -0.4 is 5.73 Å². The number of likely N-dealkylation sites (N-methyl/N-ethyl adjacent to an activating group) is 1. The van der Waals surface area contributed by atoms with Crippen LogP contribution in [0.5, 0.6) is 0 Å². The summed E-state index contributed by atoms with van der Waals surface area (Å²) < 4.78 is 30.0. The van der Waals surface area contributed by atoms with Crippen LogP contribution in [0, 0.1) is 0 Å². The third-order valence-electron chi connectivity index (χ3n) is 2.04. The average molecular weight is 238 g/mol. The van der Waals surface area contributed by atoms with Gasteiger partial charge in [0.1, 0.15) is 0 Å². The molecule has 0 saturated carbocycles. The van der Waals surface area contributed by atoms with Gasteiger partial charge in [0.2, 0.25) is 10.0 Å². The van der Waals surface area contributed by atoms with Gasteiger partial charge in [-0.05, 0) is 19.9 Å². The molecule has 0 aliphatic heterocycles. The zero-order chi connectivity index (χ0) is 11.7. The average Bonchev–Trinajstić information content (AvgIpc) is 2.21. The van der Waals surface area contributed by atoms with Crippen molar-refractivity contribution in [1.29, 1.82) is 0 Å². The maximum atomic E-state index is 11.7. The Hall–Kier alpha value is -0.170. The van der Waals surface area contributed by atoms with Crippen molar-refractivity contribution in [2.75, 3.05) is 38.6 Å². The second-order valence-electron chi connectivity index (χ2n) is 3.15. The zero-order valence-corrected chi connectivity index (χ0v) is 10.4. The monoisotopic (exact) mass is 238 g/mol. The molecule has 0 amide bonds. The van der Waals surface area contributed by atoms with E-state index in [1.807, 2.05) is 13.8 Å². The summed E-state index contributed by atoms with van der Waals surface area (Å²) in [5, 5.41) is 0. The van der Waals surface area contributed by atoms with E-state index >= 15 is 0 Å². The topological polar surface area (TPSA) is 72.6 Å². The van der Waals surface area contributed by atoms with E-state index in [9.17, 15) is 8.42 Å². The maximum Gasteiger partial charge on any atom is 0.214 e. The SMILES string of the molecule is CCOCCN(CC)S(=O)(=O)CCCN. The fraction of sp³-hybridized carbons (Fsp3) is 1.00.